The third-order valence-electron chi connectivity index (χ3n) is 2.57. The van der Waals surface area contributed by atoms with Crippen molar-refractivity contribution in [1.82, 2.24) is 0 Å². The van der Waals surface area contributed by atoms with Crippen LogP contribution in [0.3, 0.4) is 0 Å². The first-order chi connectivity index (χ1) is 7.16. The van der Waals surface area contributed by atoms with E-state index in [1.54, 1.807) is 0 Å². The second kappa shape index (κ2) is 4.82. The zero-order valence-electron chi connectivity index (χ0n) is 8.17. The molecule has 1 heterocycles. The molecule has 1 aliphatic rings. The first-order valence-electron chi connectivity index (χ1n) is 4.88. The Balaban J connectivity index is 2.21. The quantitative estimate of drug-likeness (QED) is 0.698. The van der Waals surface area contributed by atoms with Crippen molar-refractivity contribution < 1.29 is 4.79 Å². The molecule has 1 aromatic rings. The molecule has 80 valence electrons. The number of halogens is 2. The molecule has 0 aromatic heterocycles. The van der Waals surface area contributed by atoms with E-state index in [0.717, 1.165) is 17.6 Å². The minimum Gasteiger partial charge on any atom is -0.370 e. The highest BCUT2D eigenvalue weighted by Crippen LogP contribution is 2.28. The van der Waals surface area contributed by atoms with E-state index in [1.807, 2.05) is 6.07 Å². The molecule has 2 rings (SSSR count). The predicted octanol–water partition coefficient (Wildman–Crippen LogP) is 3.22. The summed E-state index contributed by atoms with van der Waals surface area (Å²) in [5, 5.41) is 0. The van der Waals surface area contributed by atoms with Gasteiger partial charge in [-0.1, -0.05) is 15.9 Å². The SMILES string of the molecule is O=C1CCN(c2cc(Br)ccc2I)CC1. The molecule has 0 spiro atoms. The van der Waals surface area contributed by atoms with Crippen LogP contribution in [0.15, 0.2) is 22.7 Å². The second-order valence-corrected chi connectivity index (χ2v) is 5.70. The van der Waals surface area contributed by atoms with Crippen LogP contribution >= 0.6 is 38.5 Å². The fourth-order valence-corrected chi connectivity index (χ4v) is 2.75. The highest BCUT2D eigenvalue weighted by Gasteiger charge is 2.18. The first kappa shape index (κ1) is 11.4. The maximum absolute atomic E-state index is 11.2. The van der Waals surface area contributed by atoms with Gasteiger partial charge in [0.15, 0.2) is 0 Å². The Hall–Kier alpha value is -0.100. The molecule has 1 aromatic carbocycles. The Bertz CT molecular complexity index is 384. The van der Waals surface area contributed by atoms with E-state index >= 15 is 0 Å². The first-order valence-corrected chi connectivity index (χ1v) is 6.76. The van der Waals surface area contributed by atoms with Gasteiger partial charge in [-0.3, -0.25) is 4.79 Å². The lowest BCUT2D eigenvalue weighted by molar-refractivity contribution is -0.119. The Morgan fingerprint density at radius 2 is 1.93 bits per heavy atom. The van der Waals surface area contributed by atoms with Crippen LogP contribution in [-0.2, 0) is 4.79 Å². The highest BCUT2D eigenvalue weighted by atomic mass is 127. The maximum atomic E-state index is 11.2. The summed E-state index contributed by atoms with van der Waals surface area (Å²) in [5.74, 6) is 0.385. The molecule has 4 heteroatoms. The molecule has 0 radical (unpaired) electrons. The van der Waals surface area contributed by atoms with E-state index in [2.05, 4.69) is 55.6 Å². The van der Waals surface area contributed by atoms with Crippen molar-refractivity contribution in [1.29, 1.82) is 0 Å². The molecular formula is C11H11BrINO. The van der Waals surface area contributed by atoms with Crippen molar-refractivity contribution >= 4 is 50.0 Å². The lowest BCUT2D eigenvalue weighted by Crippen LogP contribution is -2.34. The van der Waals surface area contributed by atoms with Crippen LogP contribution in [0, 0.1) is 3.57 Å². The number of hydrogen-bond acceptors (Lipinski definition) is 2. The third-order valence-corrected chi connectivity index (χ3v) is 3.98. The monoisotopic (exact) mass is 379 g/mol. The number of carbonyl (C=O) groups is 1. The summed E-state index contributed by atoms with van der Waals surface area (Å²) in [6, 6.07) is 6.26. The maximum Gasteiger partial charge on any atom is 0.136 e. The number of piperidine rings is 1. The molecule has 0 atom stereocenters. The van der Waals surface area contributed by atoms with Crippen molar-refractivity contribution in [2.24, 2.45) is 0 Å². The van der Waals surface area contributed by atoms with E-state index in [-0.39, 0.29) is 0 Å². The summed E-state index contributed by atoms with van der Waals surface area (Å²) in [5.41, 5.74) is 1.23. The van der Waals surface area contributed by atoms with E-state index in [0.29, 0.717) is 18.6 Å². The second-order valence-electron chi connectivity index (χ2n) is 3.62. The number of hydrogen-bond donors (Lipinski definition) is 0. The van der Waals surface area contributed by atoms with Crippen molar-refractivity contribution in [3.63, 3.8) is 0 Å². The Kier molecular flexibility index (Phi) is 3.66. The van der Waals surface area contributed by atoms with Crippen LogP contribution in [0.5, 0.6) is 0 Å². The van der Waals surface area contributed by atoms with Gasteiger partial charge in [0.1, 0.15) is 5.78 Å². The fraction of sp³-hybridized carbons (Fsp3) is 0.364. The van der Waals surface area contributed by atoms with E-state index < -0.39 is 0 Å². The van der Waals surface area contributed by atoms with Gasteiger partial charge >= 0.3 is 0 Å². The minimum atomic E-state index is 0.385. The number of rotatable bonds is 1. The molecule has 0 N–H and O–H groups in total. The normalized spacial score (nSPS) is 16.9. The largest absolute Gasteiger partial charge is 0.370 e. The van der Waals surface area contributed by atoms with Crippen LogP contribution in [0.25, 0.3) is 0 Å². The molecule has 0 bridgehead atoms. The smallest absolute Gasteiger partial charge is 0.136 e. The molecule has 0 aliphatic carbocycles. The lowest BCUT2D eigenvalue weighted by Gasteiger charge is -2.29. The van der Waals surface area contributed by atoms with Gasteiger partial charge in [-0.25, -0.2) is 0 Å². The summed E-state index contributed by atoms with van der Waals surface area (Å²) >= 11 is 5.82. The Morgan fingerprint density at radius 1 is 1.27 bits per heavy atom. The molecule has 15 heavy (non-hydrogen) atoms. The van der Waals surface area contributed by atoms with Crippen LogP contribution in [0.1, 0.15) is 12.8 Å². The van der Waals surface area contributed by atoms with E-state index in [4.69, 9.17) is 0 Å². The zero-order chi connectivity index (χ0) is 10.8. The van der Waals surface area contributed by atoms with Crippen LogP contribution in [0.2, 0.25) is 0 Å². The summed E-state index contributed by atoms with van der Waals surface area (Å²) in [6.07, 6.45) is 1.37. The summed E-state index contributed by atoms with van der Waals surface area (Å²) in [4.78, 5) is 13.4. The van der Waals surface area contributed by atoms with Crippen LogP contribution in [0.4, 0.5) is 5.69 Å². The Morgan fingerprint density at radius 3 is 2.60 bits per heavy atom. The highest BCUT2D eigenvalue weighted by molar-refractivity contribution is 14.1. The molecule has 0 amide bonds. The number of anilines is 1. The van der Waals surface area contributed by atoms with Crippen molar-refractivity contribution in [2.75, 3.05) is 18.0 Å². The van der Waals surface area contributed by atoms with Gasteiger partial charge in [0.05, 0.1) is 5.69 Å². The van der Waals surface area contributed by atoms with Crippen molar-refractivity contribution in [3.8, 4) is 0 Å². The number of benzene rings is 1. The van der Waals surface area contributed by atoms with E-state index in [1.165, 1.54) is 9.26 Å². The van der Waals surface area contributed by atoms with E-state index in [9.17, 15) is 4.79 Å². The fourth-order valence-electron chi connectivity index (χ4n) is 1.73. The van der Waals surface area contributed by atoms with Crippen LogP contribution < -0.4 is 4.90 Å². The topological polar surface area (TPSA) is 20.3 Å². The van der Waals surface area contributed by atoms with Gasteiger partial charge in [-0.2, -0.15) is 0 Å². The van der Waals surface area contributed by atoms with Gasteiger partial charge < -0.3 is 4.90 Å². The number of Topliss-reactive ketones (excluding diaryl/α,β-unsaturated/α-hetero) is 1. The van der Waals surface area contributed by atoms with Gasteiger partial charge in [0.25, 0.3) is 0 Å². The molecular weight excluding hydrogens is 369 g/mol. The van der Waals surface area contributed by atoms with Gasteiger partial charge in [-0.05, 0) is 40.8 Å². The standard InChI is InChI=1S/C11H11BrINO/c12-8-1-2-10(13)11(7-8)14-5-3-9(15)4-6-14/h1-2,7H,3-6H2. The molecule has 0 saturated carbocycles. The summed E-state index contributed by atoms with van der Waals surface area (Å²) < 4.78 is 2.33. The van der Waals surface area contributed by atoms with Gasteiger partial charge in [0, 0.05) is 34.0 Å². The van der Waals surface area contributed by atoms with Crippen LogP contribution in [-0.4, -0.2) is 18.9 Å². The number of carbonyl (C=O) groups excluding carboxylic acids is 1. The molecule has 0 unspecified atom stereocenters. The Labute approximate surface area is 111 Å². The van der Waals surface area contributed by atoms with Gasteiger partial charge in [-0.15, -0.1) is 0 Å². The van der Waals surface area contributed by atoms with Gasteiger partial charge in [0.2, 0.25) is 0 Å². The molecule has 1 fully saturated rings. The van der Waals surface area contributed by atoms with Crippen molar-refractivity contribution in [2.45, 2.75) is 12.8 Å². The number of ketones is 1. The summed E-state index contributed by atoms with van der Waals surface area (Å²) in [6.45, 7) is 1.70. The average Bonchev–Trinajstić information content (AvgIpc) is 2.23. The molecule has 2 nitrogen and oxygen atoms in total. The third kappa shape index (κ3) is 2.72. The predicted molar refractivity (Wildman–Crippen MR) is 73.3 cm³/mol. The summed E-state index contributed by atoms with van der Waals surface area (Å²) in [7, 11) is 0. The lowest BCUT2D eigenvalue weighted by atomic mass is 10.1. The van der Waals surface area contributed by atoms with Crippen molar-refractivity contribution in [3.05, 3.63) is 26.2 Å². The zero-order valence-corrected chi connectivity index (χ0v) is 11.9. The number of nitrogens with zero attached hydrogens (tertiary/aromatic N) is 1. The molecule has 1 aliphatic heterocycles. The molecule has 1 saturated heterocycles. The minimum absolute atomic E-state index is 0.385. The average molecular weight is 380 g/mol.